The predicted octanol–water partition coefficient (Wildman–Crippen LogP) is 2.89. The summed E-state index contributed by atoms with van der Waals surface area (Å²) in [5.41, 5.74) is 0. The molecule has 0 atom stereocenters. The van der Waals surface area contributed by atoms with Crippen LogP contribution in [0.25, 0.3) is 0 Å². The van der Waals surface area contributed by atoms with E-state index >= 15 is 0 Å². The lowest BCUT2D eigenvalue weighted by molar-refractivity contribution is 0.101. The Morgan fingerprint density at radius 2 is 2.13 bits per heavy atom. The monoisotopic (exact) mass is 222 g/mol. The van der Waals surface area contributed by atoms with Crippen LogP contribution >= 0.6 is 11.3 Å². The molecule has 0 bridgehead atoms. The number of carbonyl (C=O) groups is 1. The normalized spacial score (nSPS) is 10.3. The molecule has 0 amide bonds. The van der Waals surface area contributed by atoms with Crippen molar-refractivity contribution in [2.45, 2.75) is 6.92 Å². The first kappa shape index (κ1) is 9.98. The highest BCUT2D eigenvalue weighted by atomic mass is 32.1. The van der Waals surface area contributed by atoms with Gasteiger partial charge in [0.25, 0.3) is 0 Å². The van der Waals surface area contributed by atoms with E-state index < -0.39 is 0 Å². The van der Waals surface area contributed by atoms with Gasteiger partial charge in [-0.2, -0.15) is 0 Å². The van der Waals surface area contributed by atoms with E-state index in [0.29, 0.717) is 10.6 Å². The zero-order valence-corrected chi connectivity index (χ0v) is 9.26. The van der Waals surface area contributed by atoms with Gasteiger partial charge >= 0.3 is 0 Å². The SMILES string of the molecule is COc1ccc(C(=O)c2ccc(C)o2)s1. The van der Waals surface area contributed by atoms with Gasteiger partial charge in [-0.1, -0.05) is 11.3 Å². The standard InChI is InChI=1S/C11H10O3S/c1-7-3-4-8(14-7)11(12)9-5-6-10(13-2)15-9/h3-6H,1-2H3. The van der Waals surface area contributed by atoms with Crippen molar-refractivity contribution < 1.29 is 13.9 Å². The minimum absolute atomic E-state index is 0.101. The lowest BCUT2D eigenvalue weighted by Gasteiger charge is -1.92. The van der Waals surface area contributed by atoms with E-state index in [1.807, 2.05) is 6.92 Å². The molecular formula is C11H10O3S. The first-order valence-corrected chi connectivity index (χ1v) is 5.27. The molecule has 4 heteroatoms. The van der Waals surface area contributed by atoms with Crippen molar-refractivity contribution in [1.29, 1.82) is 0 Å². The summed E-state index contributed by atoms with van der Waals surface area (Å²) in [4.78, 5) is 12.5. The predicted molar refractivity (Wildman–Crippen MR) is 57.7 cm³/mol. The molecule has 0 aromatic carbocycles. The molecule has 15 heavy (non-hydrogen) atoms. The fourth-order valence-electron chi connectivity index (χ4n) is 1.23. The molecule has 3 nitrogen and oxygen atoms in total. The van der Waals surface area contributed by atoms with E-state index in [1.165, 1.54) is 11.3 Å². The molecule has 0 aliphatic carbocycles. The summed E-state index contributed by atoms with van der Waals surface area (Å²) < 4.78 is 10.3. The van der Waals surface area contributed by atoms with Gasteiger partial charge in [-0.15, -0.1) is 0 Å². The van der Waals surface area contributed by atoms with Crippen LogP contribution in [0, 0.1) is 6.92 Å². The minimum atomic E-state index is -0.101. The first-order chi connectivity index (χ1) is 7.20. The summed E-state index contributed by atoms with van der Waals surface area (Å²) >= 11 is 1.31. The topological polar surface area (TPSA) is 39.4 Å². The average molecular weight is 222 g/mol. The van der Waals surface area contributed by atoms with Crippen LogP contribution in [-0.2, 0) is 0 Å². The number of thiophene rings is 1. The number of methoxy groups -OCH3 is 1. The van der Waals surface area contributed by atoms with Crippen molar-refractivity contribution in [1.82, 2.24) is 0 Å². The zero-order chi connectivity index (χ0) is 10.8. The van der Waals surface area contributed by atoms with Gasteiger partial charge in [0, 0.05) is 0 Å². The molecule has 0 aliphatic heterocycles. The summed E-state index contributed by atoms with van der Waals surface area (Å²) in [6.07, 6.45) is 0. The van der Waals surface area contributed by atoms with Gasteiger partial charge < -0.3 is 9.15 Å². The third-order valence-corrected chi connectivity index (χ3v) is 3.02. The van der Waals surface area contributed by atoms with Crippen molar-refractivity contribution in [3.63, 3.8) is 0 Å². The fraction of sp³-hybridized carbons (Fsp3) is 0.182. The van der Waals surface area contributed by atoms with Crippen LogP contribution in [0.5, 0.6) is 5.06 Å². The average Bonchev–Trinajstić information content (AvgIpc) is 2.84. The van der Waals surface area contributed by atoms with Gasteiger partial charge in [0.15, 0.2) is 10.8 Å². The largest absolute Gasteiger partial charge is 0.487 e. The second kappa shape index (κ2) is 3.90. The maximum absolute atomic E-state index is 11.9. The Morgan fingerprint density at radius 1 is 1.33 bits per heavy atom. The third kappa shape index (κ3) is 1.94. The molecule has 0 N–H and O–H groups in total. The van der Waals surface area contributed by atoms with Gasteiger partial charge in [-0.25, -0.2) is 0 Å². The van der Waals surface area contributed by atoms with Crippen LogP contribution in [0.4, 0.5) is 0 Å². The lowest BCUT2D eigenvalue weighted by atomic mass is 10.2. The number of aryl methyl sites for hydroxylation is 1. The molecule has 0 aliphatic rings. The van der Waals surface area contributed by atoms with Gasteiger partial charge in [-0.05, 0) is 31.2 Å². The van der Waals surface area contributed by atoms with E-state index in [4.69, 9.17) is 9.15 Å². The highest BCUT2D eigenvalue weighted by Gasteiger charge is 2.15. The van der Waals surface area contributed by atoms with Crippen molar-refractivity contribution in [2.75, 3.05) is 7.11 Å². The van der Waals surface area contributed by atoms with Crippen LogP contribution in [0.1, 0.15) is 21.2 Å². The molecule has 0 saturated carbocycles. The van der Waals surface area contributed by atoms with Crippen molar-refractivity contribution in [3.05, 3.63) is 40.7 Å². The molecular weight excluding hydrogens is 212 g/mol. The summed E-state index contributed by atoms with van der Waals surface area (Å²) in [5.74, 6) is 1.01. The lowest BCUT2D eigenvalue weighted by Crippen LogP contribution is -1.95. The van der Waals surface area contributed by atoms with Crippen LogP contribution in [0.3, 0.4) is 0 Å². The second-order valence-corrected chi connectivity index (χ2v) is 4.11. The van der Waals surface area contributed by atoms with Gasteiger partial charge in [0.05, 0.1) is 12.0 Å². The Balaban J connectivity index is 2.28. The second-order valence-electron chi connectivity index (χ2n) is 3.06. The summed E-state index contributed by atoms with van der Waals surface area (Å²) in [5, 5.41) is 0.724. The highest BCUT2D eigenvalue weighted by Crippen LogP contribution is 2.26. The van der Waals surface area contributed by atoms with Crippen LogP contribution in [-0.4, -0.2) is 12.9 Å². The van der Waals surface area contributed by atoms with Crippen LogP contribution in [0.2, 0.25) is 0 Å². The number of ketones is 1. The Labute approximate surface area is 91.3 Å². The highest BCUT2D eigenvalue weighted by molar-refractivity contribution is 7.16. The number of rotatable bonds is 3. The van der Waals surface area contributed by atoms with E-state index in [9.17, 15) is 4.79 Å². The van der Waals surface area contributed by atoms with Crippen molar-refractivity contribution >= 4 is 17.1 Å². The Morgan fingerprint density at radius 3 is 2.67 bits per heavy atom. The summed E-state index contributed by atoms with van der Waals surface area (Å²) in [6, 6.07) is 6.97. The van der Waals surface area contributed by atoms with Gasteiger partial charge in [0.2, 0.25) is 5.78 Å². The molecule has 2 heterocycles. The summed E-state index contributed by atoms with van der Waals surface area (Å²) in [7, 11) is 1.58. The molecule has 78 valence electrons. The van der Waals surface area contributed by atoms with Crippen molar-refractivity contribution in [2.24, 2.45) is 0 Å². The molecule has 0 saturated heterocycles. The molecule has 0 radical (unpaired) electrons. The molecule has 0 spiro atoms. The quantitative estimate of drug-likeness (QED) is 0.749. The third-order valence-electron chi connectivity index (χ3n) is 1.97. The van der Waals surface area contributed by atoms with Gasteiger partial charge in [-0.3, -0.25) is 4.79 Å². The van der Waals surface area contributed by atoms with Crippen LogP contribution in [0.15, 0.2) is 28.7 Å². The number of furan rings is 1. The Hall–Kier alpha value is -1.55. The Bertz CT molecular complexity index is 481. The summed E-state index contributed by atoms with van der Waals surface area (Å²) in [6.45, 7) is 1.81. The molecule has 2 aromatic rings. The van der Waals surface area contributed by atoms with Crippen LogP contribution < -0.4 is 4.74 Å². The molecule has 0 fully saturated rings. The minimum Gasteiger partial charge on any atom is -0.487 e. The van der Waals surface area contributed by atoms with E-state index in [0.717, 1.165) is 10.8 Å². The first-order valence-electron chi connectivity index (χ1n) is 4.45. The van der Waals surface area contributed by atoms with E-state index in [1.54, 1.807) is 31.4 Å². The van der Waals surface area contributed by atoms with Gasteiger partial charge in [0.1, 0.15) is 5.76 Å². The molecule has 0 unspecified atom stereocenters. The van der Waals surface area contributed by atoms with E-state index in [2.05, 4.69) is 0 Å². The van der Waals surface area contributed by atoms with Crippen molar-refractivity contribution in [3.8, 4) is 5.06 Å². The maximum atomic E-state index is 11.9. The van der Waals surface area contributed by atoms with E-state index in [-0.39, 0.29) is 5.78 Å². The molecule has 2 rings (SSSR count). The number of carbonyl (C=O) groups excluding carboxylic acids is 1. The Kier molecular flexibility index (Phi) is 2.60. The smallest absolute Gasteiger partial charge is 0.238 e. The number of hydrogen-bond donors (Lipinski definition) is 0. The number of ether oxygens (including phenoxy) is 1. The fourth-order valence-corrected chi connectivity index (χ4v) is 2.00. The molecule has 2 aromatic heterocycles. The zero-order valence-electron chi connectivity index (χ0n) is 8.44. The number of hydrogen-bond acceptors (Lipinski definition) is 4. The maximum Gasteiger partial charge on any atom is 0.238 e.